The second-order valence-corrected chi connectivity index (χ2v) is 3.65. The fourth-order valence-corrected chi connectivity index (χ4v) is 1.69. The fraction of sp³-hybridized carbons (Fsp3) is 0.455. The van der Waals surface area contributed by atoms with E-state index in [1.165, 1.54) is 6.92 Å². The van der Waals surface area contributed by atoms with Gasteiger partial charge in [-0.1, -0.05) is 0 Å². The maximum absolute atomic E-state index is 13.5. The van der Waals surface area contributed by atoms with Crippen molar-refractivity contribution in [2.45, 2.75) is 19.3 Å². The first kappa shape index (κ1) is 11.4. The zero-order valence-corrected chi connectivity index (χ0v) is 8.74. The van der Waals surface area contributed by atoms with Crippen LogP contribution in [-0.4, -0.2) is 18.3 Å². The van der Waals surface area contributed by atoms with Gasteiger partial charge in [-0.25, -0.2) is 8.78 Å². The second kappa shape index (κ2) is 4.45. The Labute approximate surface area is 91.6 Å². The summed E-state index contributed by atoms with van der Waals surface area (Å²) in [5, 5.41) is 9.20. The Morgan fingerprint density at radius 3 is 2.19 bits per heavy atom. The molecule has 0 radical (unpaired) electrons. The fourth-order valence-electron chi connectivity index (χ4n) is 1.69. The normalized spacial score (nSPS) is 19.0. The maximum Gasteiger partial charge on any atom is 0.184 e. The van der Waals surface area contributed by atoms with Crippen LogP contribution < -0.4 is 0 Å². The van der Waals surface area contributed by atoms with Gasteiger partial charge in [0.05, 0.1) is 24.9 Å². The summed E-state index contributed by atoms with van der Waals surface area (Å²) in [5.74, 6) is -1.58. The average Bonchev–Trinajstić information content (AvgIpc) is 2.67. The predicted octanol–water partition coefficient (Wildman–Crippen LogP) is 2.06. The van der Waals surface area contributed by atoms with Gasteiger partial charge in [-0.05, 0) is 19.1 Å². The van der Waals surface area contributed by atoms with Gasteiger partial charge in [-0.3, -0.25) is 0 Å². The lowest BCUT2D eigenvalue weighted by molar-refractivity contribution is -0.0445. The molecule has 5 heteroatoms. The molecule has 2 rings (SSSR count). The highest BCUT2D eigenvalue weighted by Gasteiger charge is 2.23. The van der Waals surface area contributed by atoms with Crippen molar-refractivity contribution in [2.75, 3.05) is 13.2 Å². The molecule has 1 aliphatic rings. The van der Waals surface area contributed by atoms with Crippen LogP contribution in [0.3, 0.4) is 0 Å². The lowest BCUT2D eigenvalue weighted by Crippen LogP contribution is -2.05. The van der Waals surface area contributed by atoms with Gasteiger partial charge in [0.15, 0.2) is 6.29 Å². The summed E-state index contributed by atoms with van der Waals surface area (Å²) < 4.78 is 37.3. The zero-order chi connectivity index (χ0) is 11.7. The van der Waals surface area contributed by atoms with Gasteiger partial charge in [0.25, 0.3) is 0 Å². The van der Waals surface area contributed by atoms with Gasteiger partial charge in [-0.15, -0.1) is 0 Å². The Balaban J connectivity index is 2.36. The van der Waals surface area contributed by atoms with Crippen molar-refractivity contribution in [1.29, 1.82) is 0 Å². The van der Waals surface area contributed by atoms with Gasteiger partial charge in [0, 0.05) is 5.56 Å². The molecule has 88 valence electrons. The smallest absolute Gasteiger partial charge is 0.184 e. The summed E-state index contributed by atoms with van der Waals surface area (Å²) in [5.41, 5.74) is -0.0429. The molecule has 0 saturated carbocycles. The highest BCUT2D eigenvalue weighted by molar-refractivity contribution is 5.28. The number of hydrogen-bond acceptors (Lipinski definition) is 3. The Morgan fingerprint density at radius 2 is 1.75 bits per heavy atom. The molecule has 16 heavy (non-hydrogen) atoms. The van der Waals surface area contributed by atoms with Gasteiger partial charge < -0.3 is 14.6 Å². The Hall–Kier alpha value is -1.04. The molecular weight excluding hydrogens is 218 g/mol. The van der Waals surface area contributed by atoms with Crippen molar-refractivity contribution in [1.82, 2.24) is 0 Å². The minimum absolute atomic E-state index is 0.289. The van der Waals surface area contributed by atoms with Crippen molar-refractivity contribution >= 4 is 0 Å². The molecule has 0 aromatic heterocycles. The van der Waals surface area contributed by atoms with E-state index in [0.717, 1.165) is 12.1 Å². The van der Waals surface area contributed by atoms with E-state index in [1.807, 2.05) is 0 Å². The largest absolute Gasteiger partial charge is 0.388 e. The van der Waals surface area contributed by atoms with Crippen LogP contribution in [0.2, 0.25) is 0 Å². The number of ether oxygens (including phenoxy) is 2. The highest BCUT2D eigenvalue weighted by atomic mass is 19.1. The predicted molar refractivity (Wildman–Crippen MR) is 51.6 cm³/mol. The summed E-state index contributed by atoms with van der Waals surface area (Å²) in [7, 11) is 0. The van der Waals surface area contributed by atoms with Crippen molar-refractivity contribution in [3.05, 3.63) is 34.9 Å². The third-order valence-corrected chi connectivity index (χ3v) is 2.41. The average molecular weight is 230 g/mol. The minimum Gasteiger partial charge on any atom is -0.388 e. The third-order valence-electron chi connectivity index (χ3n) is 2.41. The Kier molecular flexibility index (Phi) is 3.18. The molecule has 1 N–H and O–H groups in total. The van der Waals surface area contributed by atoms with Gasteiger partial charge in [0.2, 0.25) is 0 Å². The van der Waals surface area contributed by atoms with Crippen LogP contribution in [0.5, 0.6) is 0 Å². The summed E-state index contributed by atoms with van der Waals surface area (Å²) >= 11 is 0. The van der Waals surface area contributed by atoms with Crippen molar-refractivity contribution in [2.24, 2.45) is 0 Å². The first-order valence-electron chi connectivity index (χ1n) is 4.99. The van der Waals surface area contributed by atoms with Crippen LogP contribution in [-0.2, 0) is 9.47 Å². The molecule has 1 heterocycles. The molecule has 3 nitrogen and oxygen atoms in total. The number of benzene rings is 1. The first-order valence-corrected chi connectivity index (χ1v) is 4.99. The molecule has 0 aliphatic carbocycles. The van der Waals surface area contributed by atoms with Crippen LogP contribution in [0.1, 0.15) is 30.4 Å². The van der Waals surface area contributed by atoms with E-state index >= 15 is 0 Å². The molecular formula is C11H12F2O3. The molecule has 1 unspecified atom stereocenters. The first-order chi connectivity index (χ1) is 7.59. The lowest BCUT2D eigenvalue weighted by Gasteiger charge is -2.13. The van der Waals surface area contributed by atoms with E-state index in [0.29, 0.717) is 13.2 Å². The standard InChI is InChI=1S/C11H12F2O3/c1-6(14)10-8(12)4-7(5-9(10)13)11-15-2-3-16-11/h4-6,11,14H,2-3H2,1H3. The summed E-state index contributed by atoms with van der Waals surface area (Å²) in [6.45, 7) is 2.13. The summed E-state index contributed by atoms with van der Waals surface area (Å²) in [6.07, 6.45) is -1.90. The molecule has 0 bridgehead atoms. The zero-order valence-electron chi connectivity index (χ0n) is 8.74. The highest BCUT2D eigenvalue weighted by Crippen LogP contribution is 2.28. The van der Waals surface area contributed by atoms with Crippen LogP contribution in [0.15, 0.2) is 12.1 Å². The molecule has 1 atom stereocenters. The van der Waals surface area contributed by atoms with E-state index in [2.05, 4.69) is 0 Å². The Bertz CT molecular complexity index is 364. The van der Waals surface area contributed by atoms with Crippen LogP contribution in [0, 0.1) is 11.6 Å². The van der Waals surface area contributed by atoms with E-state index in [-0.39, 0.29) is 11.1 Å². The van der Waals surface area contributed by atoms with Crippen molar-refractivity contribution in [3.8, 4) is 0 Å². The monoisotopic (exact) mass is 230 g/mol. The number of hydrogen-bond donors (Lipinski definition) is 1. The summed E-state index contributed by atoms with van der Waals surface area (Å²) in [4.78, 5) is 0. The van der Waals surface area contributed by atoms with Crippen molar-refractivity contribution in [3.63, 3.8) is 0 Å². The van der Waals surface area contributed by atoms with Crippen molar-refractivity contribution < 1.29 is 23.4 Å². The number of rotatable bonds is 2. The summed E-state index contributed by atoms with van der Waals surface area (Å²) in [6, 6.07) is 2.25. The molecule has 0 amide bonds. The van der Waals surface area contributed by atoms with E-state index in [1.54, 1.807) is 0 Å². The number of aliphatic hydroxyl groups excluding tert-OH is 1. The van der Waals surface area contributed by atoms with E-state index in [9.17, 15) is 13.9 Å². The second-order valence-electron chi connectivity index (χ2n) is 3.65. The van der Waals surface area contributed by atoms with Crippen LogP contribution in [0.4, 0.5) is 8.78 Å². The van der Waals surface area contributed by atoms with Crippen LogP contribution in [0.25, 0.3) is 0 Å². The van der Waals surface area contributed by atoms with Crippen LogP contribution >= 0.6 is 0 Å². The Morgan fingerprint density at radius 1 is 1.25 bits per heavy atom. The van der Waals surface area contributed by atoms with Gasteiger partial charge >= 0.3 is 0 Å². The molecule has 1 fully saturated rings. The quantitative estimate of drug-likeness (QED) is 0.845. The lowest BCUT2D eigenvalue weighted by atomic mass is 10.1. The molecule has 0 spiro atoms. The SMILES string of the molecule is CC(O)c1c(F)cc(C2OCCO2)cc1F. The van der Waals surface area contributed by atoms with E-state index in [4.69, 9.17) is 9.47 Å². The molecule has 1 aliphatic heterocycles. The molecule has 1 aromatic rings. The topological polar surface area (TPSA) is 38.7 Å². The molecule has 1 saturated heterocycles. The van der Waals surface area contributed by atoms with Gasteiger partial charge in [0.1, 0.15) is 11.6 Å². The van der Waals surface area contributed by atoms with E-state index < -0.39 is 24.0 Å². The van der Waals surface area contributed by atoms with Gasteiger partial charge in [-0.2, -0.15) is 0 Å². The maximum atomic E-state index is 13.5. The number of aliphatic hydroxyl groups is 1. The minimum atomic E-state index is -1.18. The number of halogens is 2. The third kappa shape index (κ3) is 2.07. The molecule has 1 aromatic carbocycles.